The summed E-state index contributed by atoms with van der Waals surface area (Å²) in [6.07, 6.45) is -1.57. The van der Waals surface area contributed by atoms with Gasteiger partial charge in [-0.05, 0) is 13.8 Å². The average molecular weight is 214 g/mol. The SMILES string of the molecule is CCOC(=O)C(O)C(O)c1cnc(C)[nH]1. The fraction of sp³-hybridized carbons (Fsp3) is 0.556. The number of rotatable bonds is 4. The number of aliphatic hydroxyl groups is 2. The zero-order valence-corrected chi connectivity index (χ0v) is 8.60. The molecule has 1 rings (SSSR count). The lowest BCUT2D eigenvalue weighted by Gasteiger charge is -2.14. The number of H-pyrrole nitrogens is 1. The average Bonchev–Trinajstić information content (AvgIpc) is 2.63. The van der Waals surface area contributed by atoms with Crippen LogP contribution in [-0.4, -0.2) is 38.9 Å². The van der Waals surface area contributed by atoms with Crippen molar-refractivity contribution in [3.63, 3.8) is 0 Å². The fourth-order valence-corrected chi connectivity index (χ4v) is 1.12. The van der Waals surface area contributed by atoms with E-state index in [-0.39, 0.29) is 12.3 Å². The lowest BCUT2D eigenvalue weighted by atomic mass is 10.1. The summed E-state index contributed by atoms with van der Waals surface area (Å²) in [4.78, 5) is 17.7. The summed E-state index contributed by atoms with van der Waals surface area (Å²) in [5.41, 5.74) is 0.285. The molecule has 3 N–H and O–H groups in total. The van der Waals surface area contributed by atoms with Crippen molar-refractivity contribution in [3.05, 3.63) is 17.7 Å². The fourth-order valence-electron chi connectivity index (χ4n) is 1.12. The van der Waals surface area contributed by atoms with Crippen molar-refractivity contribution in [2.75, 3.05) is 6.61 Å². The van der Waals surface area contributed by atoms with Crippen LogP contribution >= 0.6 is 0 Å². The molecule has 0 amide bonds. The van der Waals surface area contributed by atoms with Crippen molar-refractivity contribution in [1.29, 1.82) is 0 Å². The number of aromatic nitrogens is 2. The molecular weight excluding hydrogens is 200 g/mol. The molecule has 0 aromatic carbocycles. The molecule has 6 nitrogen and oxygen atoms in total. The molecule has 84 valence electrons. The molecule has 1 heterocycles. The minimum absolute atomic E-state index is 0.157. The number of nitrogens with one attached hydrogen (secondary N) is 1. The molecule has 0 aliphatic heterocycles. The largest absolute Gasteiger partial charge is 0.464 e. The van der Waals surface area contributed by atoms with E-state index in [1.807, 2.05) is 0 Å². The van der Waals surface area contributed by atoms with Gasteiger partial charge in [0.15, 0.2) is 6.10 Å². The van der Waals surface area contributed by atoms with Crippen molar-refractivity contribution < 1.29 is 19.7 Å². The maximum atomic E-state index is 11.1. The first-order valence-corrected chi connectivity index (χ1v) is 4.60. The minimum Gasteiger partial charge on any atom is -0.464 e. The van der Waals surface area contributed by atoms with Gasteiger partial charge in [0.2, 0.25) is 0 Å². The Morgan fingerprint density at radius 3 is 2.80 bits per heavy atom. The second kappa shape index (κ2) is 4.90. The van der Waals surface area contributed by atoms with Gasteiger partial charge in [0.25, 0.3) is 0 Å². The molecule has 0 aliphatic carbocycles. The highest BCUT2D eigenvalue weighted by Gasteiger charge is 2.27. The van der Waals surface area contributed by atoms with E-state index in [2.05, 4.69) is 14.7 Å². The van der Waals surface area contributed by atoms with Crippen LogP contribution in [-0.2, 0) is 9.53 Å². The van der Waals surface area contributed by atoms with Gasteiger partial charge < -0.3 is 19.9 Å². The van der Waals surface area contributed by atoms with E-state index in [1.165, 1.54) is 6.20 Å². The first kappa shape index (κ1) is 11.7. The number of aromatic amines is 1. The molecule has 0 radical (unpaired) electrons. The molecule has 1 aromatic heterocycles. The highest BCUT2D eigenvalue weighted by molar-refractivity contribution is 5.75. The zero-order chi connectivity index (χ0) is 11.4. The summed E-state index contributed by atoms with van der Waals surface area (Å²) in [6.45, 7) is 3.48. The summed E-state index contributed by atoms with van der Waals surface area (Å²) in [5.74, 6) is -0.252. The van der Waals surface area contributed by atoms with E-state index in [4.69, 9.17) is 0 Å². The van der Waals surface area contributed by atoms with E-state index in [1.54, 1.807) is 13.8 Å². The standard InChI is InChI=1S/C9H14N2O4/c1-3-15-9(14)8(13)7(12)6-4-10-5(2)11-6/h4,7-8,12-13H,3H2,1-2H3,(H,10,11). The number of hydrogen-bond acceptors (Lipinski definition) is 5. The highest BCUT2D eigenvalue weighted by Crippen LogP contribution is 2.15. The van der Waals surface area contributed by atoms with Crippen molar-refractivity contribution >= 4 is 5.97 Å². The Hall–Kier alpha value is -1.40. The monoisotopic (exact) mass is 214 g/mol. The number of ether oxygens (including phenoxy) is 1. The van der Waals surface area contributed by atoms with Crippen molar-refractivity contribution in [2.24, 2.45) is 0 Å². The first-order chi connectivity index (χ1) is 7.06. The molecule has 0 saturated carbocycles. The molecule has 2 atom stereocenters. The third kappa shape index (κ3) is 2.77. The molecule has 6 heteroatoms. The van der Waals surface area contributed by atoms with Crippen molar-refractivity contribution in [3.8, 4) is 0 Å². The van der Waals surface area contributed by atoms with Crippen molar-refractivity contribution in [2.45, 2.75) is 26.1 Å². The van der Waals surface area contributed by atoms with Gasteiger partial charge in [-0.15, -0.1) is 0 Å². The van der Waals surface area contributed by atoms with Crippen LogP contribution in [0.15, 0.2) is 6.20 Å². The van der Waals surface area contributed by atoms with E-state index in [9.17, 15) is 15.0 Å². The number of carbonyl (C=O) groups excluding carboxylic acids is 1. The molecule has 0 aliphatic rings. The first-order valence-electron chi connectivity index (χ1n) is 4.60. The predicted octanol–water partition coefficient (Wildman–Crippen LogP) is -0.324. The minimum atomic E-state index is -1.59. The van der Waals surface area contributed by atoms with Crippen LogP contribution in [0.4, 0.5) is 0 Å². The molecule has 0 spiro atoms. The van der Waals surface area contributed by atoms with Gasteiger partial charge in [-0.25, -0.2) is 9.78 Å². The van der Waals surface area contributed by atoms with Gasteiger partial charge in [-0.2, -0.15) is 0 Å². The molecule has 0 bridgehead atoms. The summed E-state index contributed by atoms with van der Waals surface area (Å²) in [7, 11) is 0. The Bertz CT molecular complexity index is 337. The van der Waals surface area contributed by atoms with E-state index in [0.717, 1.165) is 0 Å². The van der Waals surface area contributed by atoms with Crippen molar-refractivity contribution in [1.82, 2.24) is 9.97 Å². The third-order valence-electron chi connectivity index (χ3n) is 1.87. The number of nitrogens with zero attached hydrogens (tertiary/aromatic N) is 1. The molecule has 0 saturated heterocycles. The second-order valence-electron chi connectivity index (χ2n) is 3.07. The van der Waals surface area contributed by atoms with Gasteiger partial charge in [0.1, 0.15) is 11.9 Å². The Balaban J connectivity index is 2.67. The Morgan fingerprint density at radius 2 is 2.33 bits per heavy atom. The number of hydrogen-bond donors (Lipinski definition) is 3. The van der Waals surface area contributed by atoms with Crippen LogP contribution in [0.25, 0.3) is 0 Å². The van der Waals surface area contributed by atoms with Gasteiger partial charge in [0, 0.05) is 0 Å². The topological polar surface area (TPSA) is 95.4 Å². The quantitative estimate of drug-likeness (QED) is 0.597. The lowest BCUT2D eigenvalue weighted by molar-refractivity contribution is -0.159. The van der Waals surface area contributed by atoms with Crippen LogP contribution in [0.5, 0.6) is 0 Å². The predicted molar refractivity (Wildman–Crippen MR) is 50.9 cm³/mol. The smallest absolute Gasteiger partial charge is 0.338 e. The van der Waals surface area contributed by atoms with Gasteiger partial charge in [-0.1, -0.05) is 0 Å². The van der Waals surface area contributed by atoms with Gasteiger partial charge in [-0.3, -0.25) is 0 Å². The van der Waals surface area contributed by atoms with Gasteiger partial charge >= 0.3 is 5.97 Å². The summed E-state index contributed by atoms with van der Waals surface area (Å²) in [6, 6.07) is 0. The highest BCUT2D eigenvalue weighted by atomic mass is 16.5. The van der Waals surface area contributed by atoms with Crippen LogP contribution < -0.4 is 0 Å². The number of aryl methyl sites for hydroxylation is 1. The van der Waals surface area contributed by atoms with Crippen LogP contribution in [0.1, 0.15) is 24.5 Å². The van der Waals surface area contributed by atoms with E-state index >= 15 is 0 Å². The third-order valence-corrected chi connectivity index (χ3v) is 1.87. The molecule has 15 heavy (non-hydrogen) atoms. The molecule has 0 fully saturated rings. The number of imidazole rings is 1. The molecule has 2 unspecified atom stereocenters. The summed E-state index contributed by atoms with van der Waals surface area (Å²) < 4.78 is 4.57. The Labute approximate surface area is 86.9 Å². The second-order valence-corrected chi connectivity index (χ2v) is 3.07. The molecule has 1 aromatic rings. The Kier molecular flexibility index (Phi) is 3.81. The summed E-state index contributed by atoms with van der Waals surface area (Å²) in [5, 5.41) is 19.0. The van der Waals surface area contributed by atoms with E-state index in [0.29, 0.717) is 5.82 Å². The van der Waals surface area contributed by atoms with Crippen LogP contribution in [0, 0.1) is 6.92 Å². The Morgan fingerprint density at radius 1 is 1.67 bits per heavy atom. The van der Waals surface area contributed by atoms with Gasteiger partial charge in [0.05, 0.1) is 18.5 Å². The maximum absolute atomic E-state index is 11.1. The maximum Gasteiger partial charge on any atom is 0.338 e. The number of carbonyl (C=O) groups is 1. The normalized spacial score (nSPS) is 14.7. The summed E-state index contributed by atoms with van der Waals surface area (Å²) >= 11 is 0. The molecular formula is C9H14N2O4. The van der Waals surface area contributed by atoms with E-state index < -0.39 is 18.2 Å². The van der Waals surface area contributed by atoms with Crippen LogP contribution in [0.3, 0.4) is 0 Å². The number of esters is 1. The lowest BCUT2D eigenvalue weighted by Crippen LogP contribution is -2.30. The number of aliphatic hydroxyl groups excluding tert-OH is 2. The zero-order valence-electron chi connectivity index (χ0n) is 8.60. The van der Waals surface area contributed by atoms with Crippen LogP contribution in [0.2, 0.25) is 0 Å².